The molecule has 0 aromatic carbocycles. The van der Waals surface area contributed by atoms with Crippen LogP contribution in [0.4, 0.5) is 0 Å². The number of thiophene rings is 1. The summed E-state index contributed by atoms with van der Waals surface area (Å²) in [5, 5.41) is 6.59. The van der Waals surface area contributed by atoms with Gasteiger partial charge < -0.3 is 9.84 Å². The largest absolute Gasteiger partial charge is 0.355 e. The Balaban J connectivity index is 1.94. The minimum absolute atomic E-state index is 0.130. The third-order valence-electron chi connectivity index (χ3n) is 4.88. The second-order valence-corrected chi connectivity index (χ2v) is 11.3. The van der Waals surface area contributed by atoms with Gasteiger partial charge >= 0.3 is 0 Å². The summed E-state index contributed by atoms with van der Waals surface area (Å²) in [6.45, 7) is 11.1. The normalized spacial score (nSPS) is 20.0. The molecule has 0 spiro atoms. The zero-order chi connectivity index (χ0) is 20.7. The lowest BCUT2D eigenvalue weighted by molar-refractivity contribution is -0.118. The molecular weight excluding hydrogens is 398 g/mol. The van der Waals surface area contributed by atoms with Crippen molar-refractivity contribution in [3.05, 3.63) is 37.1 Å². The van der Waals surface area contributed by atoms with E-state index in [2.05, 4.69) is 17.1 Å². The molecule has 0 radical (unpaired) electrons. The number of hydrogen-bond acceptors (Lipinski definition) is 6. The fourth-order valence-corrected chi connectivity index (χ4v) is 7.78. The lowest BCUT2D eigenvalue weighted by Crippen LogP contribution is -2.65. The zero-order valence-corrected chi connectivity index (χ0v) is 18.1. The molecule has 2 aromatic rings. The second kappa shape index (κ2) is 7.13. The minimum Gasteiger partial charge on any atom is -0.355 e. The van der Waals surface area contributed by atoms with Crippen molar-refractivity contribution in [1.82, 2.24) is 14.8 Å². The number of carbonyl (C=O) groups excluding carboxylic acids is 1. The molecular formula is C19H25N3O4S2. The lowest BCUT2D eigenvalue weighted by atomic mass is 9.79. The molecule has 0 bridgehead atoms. The molecule has 3 heterocycles. The molecule has 0 aliphatic carbocycles. The van der Waals surface area contributed by atoms with Gasteiger partial charge in [0.15, 0.2) is 5.76 Å². The van der Waals surface area contributed by atoms with Crippen molar-refractivity contribution in [1.29, 1.82) is 0 Å². The van der Waals surface area contributed by atoms with Crippen LogP contribution in [-0.4, -0.2) is 40.9 Å². The molecule has 1 N–H and O–H groups in total. The highest BCUT2D eigenvalue weighted by Gasteiger charge is 2.52. The number of sulfonamides is 1. The molecule has 0 unspecified atom stereocenters. The maximum atomic E-state index is 13.6. The molecule has 28 heavy (non-hydrogen) atoms. The van der Waals surface area contributed by atoms with Crippen LogP contribution < -0.4 is 5.32 Å². The monoisotopic (exact) mass is 423 g/mol. The Hall–Kier alpha value is -1.97. The first-order chi connectivity index (χ1) is 13.0. The fraction of sp³-hybridized carbons (Fsp3) is 0.474. The van der Waals surface area contributed by atoms with Crippen molar-refractivity contribution in [3.8, 4) is 10.6 Å². The van der Waals surface area contributed by atoms with Gasteiger partial charge in [0.05, 0.1) is 11.1 Å². The summed E-state index contributed by atoms with van der Waals surface area (Å²) in [7, 11) is -3.75. The Bertz CT molecular complexity index is 957. The van der Waals surface area contributed by atoms with Crippen LogP contribution in [0.5, 0.6) is 0 Å². The van der Waals surface area contributed by atoms with Gasteiger partial charge in [-0.2, -0.15) is 4.31 Å². The standard InChI is InChI=1S/C19H25N3O4S2/c1-6-16(23)21-13-11-18(2,3)22(19(4,5)12-13)28(24,25)17-8-7-15(27-17)14-9-10-20-26-14/h6-10,13H,1,11-12H2,2-5H3,(H,21,23). The van der Waals surface area contributed by atoms with Crippen molar-refractivity contribution in [2.75, 3.05) is 0 Å². The van der Waals surface area contributed by atoms with Gasteiger partial charge in [-0.05, 0) is 58.7 Å². The topological polar surface area (TPSA) is 92.5 Å². The van der Waals surface area contributed by atoms with Crippen LogP contribution in [0.25, 0.3) is 10.6 Å². The molecule has 1 saturated heterocycles. The Morgan fingerprint density at radius 3 is 2.46 bits per heavy atom. The van der Waals surface area contributed by atoms with Crippen molar-refractivity contribution in [3.63, 3.8) is 0 Å². The SMILES string of the molecule is C=CC(=O)NC1CC(C)(C)N(S(=O)(=O)c2ccc(-c3ccno3)s2)C(C)(C)C1. The lowest BCUT2D eigenvalue weighted by Gasteiger charge is -2.53. The second-order valence-electron chi connectivity index (χ2n) is 8.21. The Morgan fingerprint density at radius 2 is 1.93 bits per heavy atom. The van der Waals surface area contributed by atoms with E-state index in [4.69, 9.17) is 4.52 Å². The van der Waals surface area contributed by atoms with Crippen LogP contribution in [0.15, 0.2) is 45.8 Å². The number of piperidine rings is 1. The molecule has 7 nitrogen and oxygen atoms in total. The Morgan fingerprint density at radius 1 is 1.29 bits per heavy atom. The van der Waals surface area contributed by atoms with Crippen LogP contribution in [0, 0.1) is 0 Å². The first kappa shape index (κ1) is 20.8. The number of amides is 1. The van der Waals surface area contributed by atoms with Crippen LogP contribution in [-0.2, 0) is 14.8 Å². The molecule has 1 amide bonds. The number of rotatable bonds is 5. The fourth-order valence-electron chi connectivity index (χ4n) is 4.30. The smallest absolute Gasteiger partial charge is 0.253 e. The molecule has 1 aliphatic rings. The maximum Gasteiger partial charge on any atom is 0.253 e. The Kier molecular flexibility index (Phi) is 5.28. The van der Waals surface area contributed by atoms with Crippen LogP contribution in [0.3, 0.4) is 0 Å². The summed E-state index contributed by atoms with van der Waals surface area (Å²) in [6, 6.07) is 4.91. The molecule has 152 valence electrons. The van der Waals surface area contributed by atoms with E-state index in [-0.39, 0.29) is 16.2 Å². The molecule has 1 fully saturated rings. The van der Waals surface area contributed by atoms with E-state index in [1.165, 1.54) is 12.3 Å². The summed E-state index contributed by atoms with van der Waals surface area (Å²) < 4.78 is 34.1. The van der Waals surface area contributed by atoms with E-state index in [1.807, 2.05) is 27.7 Å². The third-order valence-corrected chi connectivity index (χ3v) is 8.77. The summed E-state index contributed by atoms with van der Waals surface area (Å²) in [6.07, 6.45) is 3.78. The predicted octanol–water partition coefficient (Wildman–Crippen LogP) is 3.42. The molecule has 0 saturated carbocycles. The van der Waals surface area contributed by atoms with E-state index in [0.717, 1.165) is 11.3 Å². The Labute approximate surface area is 169 Å². The quantitative estimate of drug-likeness (QED) is 0.744. The minimum atomic E-state index is -3.75. The van der Waals surface area contributed by atoms with E-state index in [0.29, 0.717) is 23.5 Å². The first-order valence-corrected chi connectivity index (χ1v) is 11.2. The molecule has 2 aromatic heterocycles. The predicted molar refractivity (Wildman–Crippen MR) is 108 cm³/mol. The van der Waals surface area contributed by atoms with Crippen LogP contribution >= 0.6 is 11.3 Å². The molecule has 0 atom stereocenters. The van der Waals surface area contributed by atoms with Gasteiger partial charge in [0.25, 0.3) is 10.0 Å². The van der Waals surface area contributed by atoms with E-state index < -0.39 is 21.1 Å². The number of aromatic nitrogens is 1. The number of nitrogens with one attached hydrogen (secondary N) is 1. The van der Waals surface area contributed by atoms with Gasteiger partial charge in [-0.15, -0.1) is 11.3 Å². The van der Waals surface area contributed by atoms with Gasteiger partial charge in [0, 0.05) is 23.2 Å². The molecule has 3 rings (SSSR count). The third kappa shape index (κ3) is 3.78. The summed E-state index contributed by atoms with van der Waals surface area (Å²) in [5.41, 5.74) is -1.37. The van der Waals surface area contributed by atoms with Crippen LogP contribution in [0.2, 0.25) is 0 Å². The van der Waals surface area contributed by atoms with Gasteiger partial charge in [-0.1, -0.05) is 11.7 Å². The molecule has 9 heteroatoms. The van der Waals surface area contributed by atoms with Crippen molar-refractivity contribution < 1.29 is 17.7 Å². The van der Waals surface area contributed by atoms with Gasteiger partial charge in [-0.25, -0.2) is 8.42 Å². The summed E-state index contributed by atoms with van der Waals surface area (Å²) >= 11 is 1.16. The van der Waals surface area contributed by atoms with Crippen molar-refractivity contribution >= 4 is 27.3 Å². The number of carbonyl (C=O) groups is 1. The number of nitrogens with zero attached hydrogens (tertiary/aromatic N) is 2. The number of hydrogen-bond donors (Lipinski definition) is 1. The van der Waals surface area contributed by atoms with E-state index in [1.54, 1.807) is 22.5 Å². The highest BCUT2D eigenvalue weighted by atomic mass is 32.2. The molecule has 1 aliphatic heterocycles. The van der Waals surface area contributed by atoms with E-state index in [9.17, 15) is 13.2 Å². The maximum absolute atomic E-state index is 13.6. The highest BCUT2D eigenvalue weighted by molar-refractivity contribution is 7.91. The van der Waals surface area contributed by atoms with Crippen LogP contribution in [0.1, 0.15) is 40.5 Å². The van der Waals surface area contributed by atoms with Gasteiger partial charge in [0.2, 0.25) is 5.91 Å². The summed E-state index contributed by atoms with van der Waals surface area (Å²) in [4.78, 5) is 12.5. The summed E-state index contributed by atoms with van der Waals surface area (Å²) in [5.74, 6) is 0.290. The van der Waals surface area contributed by atoms with Crippen molar-refractivity contribution in [2.24, 2.45) is 0 Å². The average Bonchev–Trinajstić information content (AvgIpc) is 3.23. The zero-order valence-electron chi connectivity index (χ0n) is 16.4. The van der Waals surface area contributed by atoms with Gasteiger partial charge in [0.1, 0.15) is 4.21 Å². The van der Waals surface area contributed by atoms with Crippen molar-refractivity contribution in [2.45, 2.75) is 61.9 Å². The first-order valence-electron chi connectivity index (χ1n) is 8.97. The highest BCUT2D eigenvalue weighted by Crippen LogP contribution is 2.44. The average molecular weight is 424 g/mol. The van der Waals surface area contributed by atoms with Gasteiger partial charge in [-0.3, -0.25) is 4.79 Å². The van der Waals surface area contributed by atoms with E-state index >= 15 is 0 Å².